The minimum atomic E-state index is 0.0682. The third kappa shape index (κ3) is 2.55. The number of carbonyl (C=O) groups is 1. The second-order valence-electron chi connectivity index (χ2n) is 4.50. The Morgan fingerprint density at radius 3 is 2.86 bits per heavy atom. The van der Waals surface area contributed by atoms with E-state index in [1.165, 1.54) is 12.8 Å². The molecule has 2 aliphatic rings. The Kier molecular flexibility index (Phi) is 3.19. The van der Waals surface area contributed by atoms with Gasteiger partial charge in [-0.15, -0.1) is 0 Å². The lowest BCUT2D eigenvalue weighted by Crippen LogP contribution is -2.30. The van der Waals surface area contributed by atoms with E-state index in [1.807, 2.05) is 0 Å². The molecule has 1 N–H and O–H groups in total. The number of hydrogen-bond donors (Lipinski definition) is 1. The van der Waals surface area contributed by atoms with Gasteiger partial charge in [0.15, 0.2) is 0 Å². The van der Waals surface area contributed by atoms with Gasteiger partial charge in [-0.25, -0.2) is 0 Å². The van der Waals surface area contributed by atoms with Crippen LogP contribution >= 0.6 is 0 Å². The molecule has 1 aliphatic heterocycles. The summed E-state index contributed by atoms with van der Waals surface area (Å²) in [6.07, 6.45) is 5.65. The van der Waals surface area contributed by atoms with Gasteiger partial charge < -0.3 is 10.1 Å². The molecule has 1 aliphatic carbocycles. The molecule has 0 bridgehead atoms. The molecule has 0 aromatic carbocycles. The molecule has 0 aromatic rings. The first-order valence-electron chi connectivity index (χ1n) is 5.58. The van der Waals surface area contributed by atoms with E-state index in [-0.39, 0.29) is 12.1 Å². The number of hydrogen-bond acceptors (Lipinski definition) is 3. The van der Waals surface area contributed by atoms with Gasteiger partial charge in [-0.2, -0.15) is 0 Å². The van der Waals surface area contributed by atoms with Crippen molar-refractivity contribution in [2.75, 3.05) is 13.7 Å². The molecule has 1 saturated heterocycles. The molecule has 3 heteroatoms. The number of methoxy groups -OCH3 is 1. The molecule has 2 unspecified atom stereocenters. The van der Waals surface area contributed by atoms with Gasteiger partial charge >= 0.3 is 0 Å². The topological polar surface area (TPSA) is 38.3 Å². The minimum Gasteiger partial charge on any atom is -0.380 e. The first-order valence-corrected chi connectivity index (χ1v) is 5.58. The smallest absolute Gasteiger partial charge is 0.149 e. The Bertz CT molecular complexity index is 213. The summed E-state index contributed by atoms with van der Waals surface area (Å²) in [5, 5.41) is 3.23. The van der Waals surface area contributed by atoms with Crippen LogP contribution in [-0.4, -0.2) is 31.6 Å². The summed E-state index contributed by atoms with van der Waals surface area (Å²) in [6, 6.07) is 0.0682. The fraction of sp³-hybridized carbons (Fsp3) is 0.909. The van der Waals surface area contributed by atoms with Gasteiger partial charge in [0.05, 0.1) is 12.1 Å². The van der Waals surface area contributed by atoms with Crippen molar-refractivity contribution in [3.05, 3.63) is 0 Å². The first kappa shape index (κ1) is 10.1. The number of ether oxygens (including phenoxy) is 1. The summed E-state index contributed by atoms with van der Waals surface area (Å²) < 4.78 is 5.21. The highest BCUT2D eigenvalue weighted by molar-refractivity contribution is 5.84. The second-order valence-corrected chi connectivity index (χ2v) is 4.50. The Hall–Kier alpha value is -0.410. The van der Waals surface area contributed by atoms with E-state index in [2.05, 4.69) is 5.32 Å². The van der Waals surface area contributed by atoms with E-state index >= 15 is 0 Å². The van der Waals surface area contributed by atoms with Crippen LogP contribution < -0.4 is 5.32 Å². The van der Waals surface area contributed by atoms with Crippen LogP contribution in [0.1, 0.15) is 32.1 Å². The second kappa shape index (κ2) is 4.41. The molecule has 0 spiro atoms. The lowest BCUT2D eigenvalue weighted by atomic mass is 10.0. The number of Topliss-reactive ketones (excluding diaryl/α,β-unsaturated/α-hetero) is 1. The highest BCUT2D eigenvalue weighted by Crippen LogP contribution is 2.33. The van der Waals surface area contributed by atoms with Gasteiger partial charge in [-0.1, -0.05) is 12.8 Å². The van der Waals surface area contributed by atoms with Gasteiger partial charge in [0.2, 0.25) is 0 Å². The monoisotopic (exact) mass is 197 g/mol. The van der Waals surface area contributed by atoms with Crippen molar-refractivity contribution >= 4 is 5.78 Å². The zero-order valence-electron chi connectivity index (χ0n) is 8.79. The fourth-order valence-corrected chi connectivity index (χ4v) is 2.06. The molecule has 2 atom stereocenters. The third-order valence-corrected chi connectivity index (χ3v) is 3.31. The van der Waals surface area contributed by atoms with Crippen molar-refractivity contribution in [2.45, 2.75) is 44.2 Å². The normalized spacial score (nSPS) is 32.1. The SMILES string of the molecule is COC1CNC(C(=O)CCC2CC2)C1. The summed E-state index contributed by atoms with van der Waals surface area (Å²) in [5.41, 5.74) is 0. The maximum Gasteiger partial charge on any atom is 0.149 e. The van der Waals surface area contributed by atoms with Crippen molar-refractivity contribution < 1.29 is 9.53 Å². The number of rotatable bonds is 5. The van der Waals surface area contributed by atoms with Crippen LogP contribution in [-0.2, 0) is 9.53 Å². The molecule has 2 fully saturated rings. The molecular formula is C11H19NO2. The zero-order valence-corrected chi connectivity index (χ0v) is 8.79. The van der Waals surface area contributed by atoms with E-state index < -0.39 is 0 Å². The molecule has 1 saturated carbocycles. The average molecular weight is 197 g/mol. The van der Waals surface area contributed by atoms with Gasteiger partial charge in [-0.05, 0) is 18.8 Å². The Labute approximate surface area is 85.2 Å². The summed E-state index contributed by atoms with van der Waals surface area (Å²) >= 11 is 0. The van der Waals surface area contributed by atoms with Crippen LogP contribution in [0.5, 0.6) is 0 Å². The van der Waals surface area contributed by atoms with Crippen molar-refractivity contribution in [2.24, 2.45) is 5.92 Å². The lowest BCUT2D eigenvalue weighted by molar-refractivity contribution is -0.121. The number of ketones is 1. The highest BCUT2D eigenvalue weighted by Gasteiger charge is 2.30. The van der Waals surface area contributed by atoms with Crippen molar-refractivity contribution in [1.82, 2.24) is 5.32 Å². The summed E-state index contributed by atoms with van der Waals surface area (Å²) in [4.78, 5) is 11.7. The molecule has 1 heterocycles. The molecule has 0 radical (unpaired) electrons. The van der Waals surface area contributed by atoms with Crippen LogP contribution in [0.3, 0.4) is 0 Å². The Balaban J connectivity index is 1.69. The maximum absolute atomic E-state index is 11.7. The standard InChI is InChI=1S/C11H19NO2/c1-14-9-6-10(12-7-9)11(13)5-4-8-2-3-8/h8-10,12H,2-7H2,1H3. The van der Waals surface area contributed by atoms with E-state index in [9.17, 15) is 4.79 Å². The molecule has 0 amide bonds. The quantitative estimate of drug-likeness (QED) is 0.718. The van der Waals surface area contributed by atoms with E-state index in [0.717, 1.165) is 31.7 Å². The van der Waals surface area contributed by atoms with E-state index in [0.29, 0.717) is 5.78 Å². The molecular weight excluding hydrogens is 178 g/mol. The minimum absolute atomic E-state index is 0.0682. The average Bonchev–Trinajstić information content (AvgIpc) is 2.90. The molecule has 14 heavy (non-hydrogen) atoms. The summed E-state index contributed by atoms with van der Waals surface area (Å²) in [6.45, 7) is 0.830. The van der Waals surface area contributed by atoms with Crippen molar-refractivity contribution in [1.29, 1.82) is 0 Å². The summed E-state index contributed by atoms with van der Waals surface area (Å²) in [7, 11) is 1.71. The van der Waals surface area contributed by atoms with E-state index in [1.54, 1.807) is 7.11 Å². The fourth-order valence-electron chi connectivity index (χ4n) is 2.06. The molecule has 0 aromatic heterocycles. The number of nitrogens with one attached hydrogen (secondary N) is 1. The van der Waals surface area contributed by atoms with Crippen LogP contribution in [0.15, 0.2) is 0 Å². The first-order chi connectivity index (χ1) is 6.79. The molecule has 3 nitrogen and oxygen atoms in total. The summed E-state index contributed by atoms with van der Waals surface area (Å²) in [5.74, 6) is 1.25. The molecule has 2 rings (SSSR count). The van der Waals surface area contributed by atoms with Crippen LogP contribution in [0.4, 0.5) is 0 Å². The maximum atomic E-state index is 11.7. The van der Waals surface area contributed by atoms with Crippen LogP contribution in [0.25, 0.3) is 0 Å². The predicted octanol–water partition coefficient (Wildman–Crippen LogP) is 1.12. The lowest BCUT2D eigenvalue weighted by Gasteiger charge is -2.08. The zero-order chi connectivity index (χ0) is 9.97. The Morgan fingerprint density at radius 1 is 1.50 bits per heavy atom. The third-order valence-electron chi connectivity index (χ3n) is 3.31. The van der Waals surface area contributed by atoms with Crippen LogP contribution in [0.2, 0.25) is 0 Å². The predicted molar refractivity (Wildman–Crippen MR) is 54.2 cm³/mol. The van der Waals surface area contributed by atoms with Gasteiger partial charge in [0.25, 0.3) is 0 Å². The van der Waals surface area contributed by atoms with Crippen molar-refractivity contribution in [3.63, 3.8) is 0 Å². The van der Waals surface area contributed by atoms with Crippen LogP contribution in [0, 0.1) is 5.92 Å². The number of carbonyl (C=O) groups excluding carboxylic acids is 1. The Morgan fingerprint density at radius 2 is 2.29 bits per heavy atom. The van der Waals surface area contributed by atoms with Gasteiger partial charge in [-0.3, -0.25) is 4.79 Å². The van der Waals surface area contributed by atoms with Gasteiger partial charge in [0.1, 0.15) is 5.78 Å². The van der Waals surface area contributed by atoms with E-state index in [4.69, 9.17) is 4.74 Å². The molecule has 80 valence electrons. The van der Waals surface area contributed by atoms with Crippen molar-refractivity contribution in [3.8, 4) is 0 Å². The highest BCUT2D eigenvalue weighted by atomic mass is 16.5. The largest absolute Gasteiger partial charge is 0.380 e. The van der Waals surface area contributed by atoms with Gasteiger partial charge in [0, 0.05) is 20.1 Å².